The van der Waals surface area contributed by atoms with Gasteiger partial charge in [0.1, 0.15) is 17.9 Å². The maximum absolute atomic E-state index is 4.36. The van der Waals surface area contributed by atoms with Gasteiger partial charge in [-0.1, -0.05) is 18.2 Å². The molecule has 0 saturated heterocycles. The van der Waals surface area contributed by atoms with Gasteiger partial charge in [-0.05, 0) is 18.6 Å². The Kier molecular flexibility index (Phi) is 1.96. The Morgan fingerprint density at radius 2 is 1.95 bits per heavy atom. The van der Waals surface area contributed by atoms with E-state index in [0.29, 0.717) is 0 Å². The lowest BCUT2D eigenvalue weighted by atomic mass is 10.1. The summed E-state index contributed by atoms with van der Waals surface area (Å²) in [6.45, 7) is 2.12. The second-order valence-electron chi connectivity index (χ2n) is 5.00. The molecule has 0 fully saturated rings. The van der Waals surface area contributed by atoms with Crippen molar-refractivity contribution in [1.29, 1.82) is 0 Å². The summed E-state index contributed by atoms with van der Waals surface area (Å²) in [6.07, 6.45) is 8.12. The third kappa shape index (κ3) is 1.27. The number of aromatic nitrogens is 3. The minimum absolute atomic E-state index is 1.21. The Morgan fingerprint density at radius 3 is 2.84 bits per heavy atom. The Bertz CT molecular complexity index is 935. The maximum Gasteiger partial charge on any atom is 0.294 e. The predicted molar refractivity (Wildman–Crippen MR) is 76.1 cm³/mol. The van der Waals surface area contributed by atoms with Crippen LogP contribution in [0.15, 0.2) is 49.1 Å². The number of nitrogens with zero attached hydrogens (tertiary/aromatic N) is 3. The molecule has 3 heterocycles. The fraction of sp³-hybridized carbons (Fsp3) is 0.125. The van der Waals surface area contributed by atoms with E-state index in [4.69, 9.17) is 0 Å². The van der Waals surface area contributed by atoms with Gasteiger partial charge in [0.05, 0.1) is 12.4 Å². The zero-order valence-electron chi connectivity index (χ0n) is 11.0. The molecule has 4 rings (SSSR count). The molecule has 0 saturated carbocycles. The van der Waals surface area contributed by atoms with E-state index in [1.807, 2.05) is 12.4 Å². The molecule has 92 valence electrons. The minimum atomic E-state index is 1.21. The Hall–Kier alpha value is -2.42. The molecule has 0 unspecified atom stereocenters. The molecule has 19 heavy (non-hydrogen) atoms. The average Bonchev–Trinajstić information content (AvgIpc) is 2.82. The van der Waals surface area contributed by atoms with E-state index in [2.05, 4.69) is 64.6 Å². The van der Waals surface area contributed by atoms with Crippen molar-refractivity contribution in [2.45, 2.75) is 6.92 Å². The summed E-state index contributed by atoms with van der Waals surface area (Å²) in [7, 11) is 2.09. The number of fused-ring (bicyclic) bond motifs is 6. The lowest BCUT2D eigenvalue weighted by Gasteiger charge is -2.05. The van der Waals surface area contributed by atoms with Gasteiger partial charge in [0.15, 0.2) is 0 Å². The number of imidazole rings is 1. The summed E-state index contributed by atoms with van der Waals surface area (Å²) in [5.74, 6) is 0. The van der Waals surface area contributed by atoms with Crippen LogP contribution in [0.1, 0.15) is 5.56 Å². The van der Waals surface area contributed by atoms with Gasteiger partial charge in [-0.15, -0.1) is 0 Å². The van der Waals surface area contributed by atoms with E-state index in [0.717, 1.165) is 0 Å². The van der Waals surface area contributed by atoms with E-state index in [9.17, 15) is 0 Å². The Labute approximate surface area is 110 Å². The molecule has 3 nitrogen and oxygen atoms in total. The van der Waals surface area contributed by atoms with Crippen LogP contribution >= 0.6 is 0 Å². The highest BCUT2D eigenvalue weighted by molar-refractivity contribution is 6.11. The van der Waals surface area contributed by atoms with Crippen molar-refractivity contribution >= 4 is 27.3 Å². The predicted octanol–water partition coefficient (Wildman–Crippen LogP) is 2.77. The summed E-state index contributed by atoms with van der Waals surface area (Å²) in [4.78, 5) is 4.36. The molecular weight excluding hydrogens is 234 g/mol. The smallest absolute Gasteiger partial charge is 0.264 e. The lowest BCUT2D eigenvalue weighted by Crippen LogP contribution is -2.26. The standard InChI is InChI=1S/C16H14N3/c1-11-9-17-10-13-12-5-3-4-6-14(12)19-8-7-18(2)16(19)15(11)13/h3-10H,1-2H3/q+1. The number of pyridine rings is 2. The molecule has 0 atom stereocenters. The van der Waals surface area contributed by atoms with Crippen LogP contribution in [-0.2, 0) is 7.05 Å². The average molecular weight is 248 g/mol. The second kappa shape index (κ2) is 3.54. The summed E-state index contributed by atoms with van der Waals surface area (Å²) >= 11 is 0. The van der Waals surface area contributed by atoms with Gasteiger partial charge < -0.3 is 0 Å². The molecule has 0 bridgehead atoms. The van der Waals surface area contributed by atoms with Crippen molar-refractivity contribution < 1.29 is 4.57 Å². The van der Waals surface area contributed by atoms with Crippen molar-refractivity contribution in [3.63, 3.8) is 0 Å². The number of aryl methyl sites for hydroxylation is 2. The van der Waals surface area contributed by atoms with E-state index < -0.39 is 0 Å². The van der Waals surface area contributed by atoms with Gasteiger partial charge in [-0.2, -0.15) is 4.40 Å². The highest BCUT2D eigenvalue weighted by Crippen LogP contribution is 2.29. The summed E-state index contributed by atoms with van der Waals surface area (Å²) in [6, 6.07) is 8.48. The quantitative estimate of drug-likeness (QED) is 0.346. The van der Waals surface area contributed by atoms with Crippen molar-refractivity contribution in [3.05, 3.63) is 54.6 Å². The first-order chi connectivity index (χ1) is 9.27. The Morgan fingerprint density at radius 1 is 1.11 bits per heavy atom. The molecule has 0 aliphatic rings. The van der Waals surface area contributed by atoms with Crippen LogP contribution in [0, 0.1) is 6.92 Å². The van der Waals surface area contributed by atoms with E-state index >= 15 is 0 Å². The first-order valence-electron chi connectivity index (χ1n) is 6.39. The van der Waals surface area contributed by atoms with Crippen LogP contribution in [0.2, 0.25) is 0 Å². The number of hydrogen-bond donors (Lipinski definition) is 0. The van der Waals surface area contributed by atoms with Gasteiger partial charge in [-0.3, -0.25) is 4.98 Å². The van der Waals surface area contributed by atoms with Crippen LogP contribution in [0.5, 0.6) is 0 Å². The van der Waals surface area contributed by atoms with E-state index in [-0.39, 0.29) is 0 Å². The second-order valence-corrected chi connectivity index (χ2v) is 5.00. The largest absolute Gasteiger partial charge is 0.294 e. The normalized spacial score (nSPS) is 11.7. The molecule has 0 amide bonds. The van der Waals surface area contributed by atoms with Crippen molar-refractivity contribution in [2.24, 2.45) is 7.05 Å². The van der Waals surface area contributed by atoms with Gasteiger partial charge in [0.25, 0.3) is 5.65 Å². The zero-order chi connectivity index (χ0) is 13.0. The molecule has 1 aromatic carbocycles. The van der Waals surface area contributed by atoms with Crippen LogP contribution in [0.3, 0.4) is 0 Å². The minimum Gasteiger partial charge on any atom is -0.264 e. The highest BCUT2D eigenvalue weighted by Gasteiger charge is 2.18. The van der Waals surface area contributed by atoms with Crippen molar-refractivity contribution in [3.8, 4) is 0 Å². The monoisotopic (exact) mass is 248 g/mol. The molecule has 3 heteroatoms. The molecule has 0 aliphatic carbocycles. The number of para-hydroxylation sites is 1. The van der Waals surface area contributed by atoms with Gasteiger partial charge in [-0.25, -0.2) is 4.57 Å². The SMILES string of the molecule is Cc1cncc2c3ccccc3n3cc[n+](C)c3c12. The molecule has 3 aromatic heterocycles. The Balaban J connectivity index is 2.49. The molecular formula is C16H14N3+. The zero-order valence-corrected chi connectivity index (χ0v) is 11.0. The first-order valence-corrected chi connectivity index (χ1v) is 6.39. The topological polar surface area (TPSA) is 21.2 Å². The summed E-state index contributed by atoms with van der Waals surface area (Å²) < 4.78 is 4.42. The number of benzene rings is 1. The first kappa shape index (κ1) is 10.5. The van der Waals surface area contributed by atoms with Gasteiger partial charge in [0.2, 0.25) is 0 Å². The van der Waals surface area contributed by atoms with Gasteiger partial charge in [0, 0.05) is 23.2 Å². The molecule has 0 aliphatic heterocycles. The number of hydrogen-bond acceptors (Lipinski definition) is 1. The highest BCUT2D eigenvalue weighted by atomic mass is 15.1. The van der Waals surface area contributed by atoms with Crippen LogP contribution in [-0.4, -0.2) is 9.38 Å². The third-order valence-corrected chi connectivity index (χ3v) is 3.81. The molecule has 0 spiro atoms. The fourth-order valence-electron chi connectivity index (χ4n) is 2.95. The third-order valence-electron chi connectivity index (χ3n) is 3.81. The van der Waals surface area contributed by atoms with Crippen LogP contribution in [0.4, 0.5) is 0 Å². The fourth-order valence-corrected chi connectivity index (χ4v) is 2.95. The van der Waals surface area contributed by atoms with Crippen LogP contribution < -0.4 is 4.57 Å². The number of rotatable bonds is 0. The van der Waals surface area contributed by atoms with Gasteiger partial charge >= 0.3 is 0 Å². The molecule has 0 N–H and O–H groups in total. The van der Waals surface area contributed by atoms with Crippen LogP contribution in [0.25, 0.3) is 27.3 Å². The maximum atomic E-state index is 4.36. The van der Waals surface area contributed by atoms with E-state index in [1.165, 1.54) is 32.9 Å². The summed E-state index contributed by atoms with van der Waals surface area (Å²) in [5.41, 5.74) is 3.65. The van der Waals surface area contributed by atoms with E-state index in [1.54, 1.807) is 0 Å². The lowest BCUT2D eigenvalue weighted by molar-refractivity contribution is -0.643. The molecule has 0 radical (unpaired) electrons. The van der Waals surface area contributed by atoms with Crippen molar-refractivity contribution in [2.75, 3.05) is 0 Å². The molecule has 4 aromatic rings. The van der Waals surface area contributed by atoms with Crippen molar-refractivity contribution in [1.82, 2.24) is 9.38 Å². The summed E-state index contributed by atoms with van der Waals surface area (Å²) in [5, 5.41) is 3.75.